The summed E-state index contributed by atoms with van der Waals surface area (Å²) in [6.45, 7) is 1.47. The number of nitrogens with one attached hydrogen (secondary N) is 3. The topological polar surface area (TPSA) is 97.4 Å². The number of rotatable bonds is 7. The fraction of sp³-hybridized carbons (Fsp3) is 0.400. The van der Waals surface area contributed by atoms with Crippen molar-refractivity contribution in [2.75, 3.05) is 25.6 Å². The first-order valence-electron chi connectivity index (χ1n) is 11.6. The van der Waals surface area contributed by atoms with E-state index in [0.29, 0.717) is 47.9 Å². The molecule has 9 heteroatoms. The lowest BCUT2D eigenvalue weighted by Gasteiger charge is -2.31. The maximum absolute atomic E-state index is 14.6. The molecule has 4 heterocycles. The number of ether oxygens (including phenoxy) is 2. The van der Waals surface area contributed by atoms with Crippen LogP contribution in [-0.4, -0.2) is 48.2 Å². The number of carbonyl (C=O) groups is 1. The van der Waals surface area contributed by atoms with Gasteiger partial charge in [0.15, 0.2) is 18.2 Å². The first-order valence-corrected chi connectivity index (χ1v) is 11.6. The number of fused-ring (bicyclic) bond motifs is 2. The van der Waals surface area contributed by atoms with Crippen LogP contribution in [0.3, 0.4) is 0 Å². The van der Waals surface area contributed by atoms with Gasteiger partial charge in [-0.25, -0.2) is 9.37 Å². The van der Waals surface area contributed by atoms with Crippen LogP contribution in [0.15, 0.2) is 36.5 Å². The molecular weight excluding hydrogens is 437 g/mol. The maximum atomic E-state index is 14.6. The van der Waals surface area contributed by atoms with Gasteiger partial charge < -0.3 is 25.4 Å². The molecule has 2 aliphatic rings. The van der Waals surface area contributed by atoms with Crippen LogP contribution in [0.5, 0.6) is 11.5 Å². The van der Waals surface area contributed by atoms with Crippen LogP contribution in [0.4, 0.5) is 10.2 Å². The van der Waals surface area contributed by atoms with Gasteiger partial charge in [0.05, 0.1) is 24.5 Å². The Morgan fingerprint density at radius 2 is 2.18 bits per heavy atom. The zero-order valence-electron chi connectivity index (χ0n) is 19.1. The summed E-state index contributed by atoms with van der Waals surface area (Å²) in [5.41, 5.74) is 2.32. The van der Waals surface area contributed by atoms with Crippen molar-refractivity contribution in [3.05, 3.63) is 53.6 Å². The Kier molecular flexibility index (Phi) is 6.55. The smallest absolute Gasteiger partial charge is 0.263 e. The molecular formula is C25H28FN5O3. The number of halogens is 1. The number of aromatic nitrogens is 2. The van der Waals surface area contributed by atoms with Crippen LogP contribution in [-0.2, 0) is 17.8 Å². The van der Waals surface area contributed by atoms with Crippen LogP contribution in [0.2, 0.25) is 0 Å². The van der Waals surface area contributed by atoms with E-state index in [4.69, 9.17) is 9.47 Å². The number of hydrogen-bond acceptors (Lipinski definition) is 7. The van der Waals surface area contributed by atoms with E-state index in [2.05, 4.69) is 25.9 Å². The van der Waals surface area contributed by atoms with E-state index >= 15 is 0 Å². The van der Waals surface area contributed by atoms with Gasteiger partial charge in [-0.05, 0) is 61.6 Å². The molecule has 2 unspecified atom stereocenters. The molecule has 5 rings (SSSR count). The van der Waals surface area contributed by atoms with E-state index in [1.165, 1.54) is 6.20 Å². The van der Waals surface area contributed by atoms with Gasteiger partial charge in [-0.2, -0.15) is 0 Å². The Hall–Kier alpha value is -3.30. The SMILES string of the molecule is COc1ccc2ncc(F)c(CCC3CCC(NCc4ccc5c(n4)NC(=O)CO5)CN3)c2c1. The zero-order valence-corrected chi connectivity index (χ0v) is 19.1. The lowest BCUT2D eigenvalue weighted by atomic mass is 9.94. The molecule has 2 atom stereocenters. The second kappa shape index (κ2) is 9.90. The summed E-state index contributed by atoms with van der Waals surface area (Å²) < 4.78 is 25.3. The van der Waals surface area contributed by atoms with Gasteiger partial charge in [0.2, 0.25) is 0 Å². The summed E-state index contributed by atoms with van der Waals surface area (Å²) in [4.78, 5) is 20.2. The number of amides is 1. The summed E-state index contributed by atoms with van der Waals surface area (Å²) in [5.74, 6) is 1.32. The van der Waals surface area contributed by atoms with E-state index < -0.39 is 0 Å². The molecule has 1 amide bonds. The monoisotopic (exact) mass is 465 g/mol. The molecule has 8 nitrogen and oxygen atoms in total. The average molecular weight is 466 g/mol. The van der Waals surface area contributed by atoms with Crippen molar-refractivity contribution >= 4 is 22.6 Å². The molecule has 3 N–H and O–H groups in total. The number of carbonyl (C=O) groups excluding carboxylic acids is 1. The van der Waals surface area contributed by atoms with Gasteiger partial charge in [0, 0.05) is 30.6 Å². The highest BCUT2D eigenvalue weighted by Gasteiger charge is 2.22. The first kappa shape index (κ1) is 22.5. The zero-order chi connectivity index (χ0) is 23.5. The summed E-state index contributed by atoms with van der Waals surface area (Å²) in [5, 5.41) is 10.7. The van der Waals surface area contributed by atoms with Crippen molar-refractivity contribution in [2.24, 2.45) is 0 Å². The Morgan fingerprint density at radius 1 is 1.26 bits per heavy atom. The molecule has 0 radical (unpaired) electrons. The maximum Gasteiger partial charge on any atom is 0.263 e. The largest absolute Gasteiger partial charge is 0.497 e. The summed E-state index contributed by atoms with van der Waals surface area (Å²) in [7, 11) is 1.61. The highest BCUT2D eigenvalue weighted by Crippen LogP contribution is 2.27. The Balaban J connectivity index is 1.13. The third-order valence-corrected chi connectivity index (χ3v) is 6.50. The number of hydrogen-bond donors (Lipinski definition) is 3. The molecule has 0 bridgehead atoms. The van der Waals surface area contributed by atoms with Crippen molar-refractivity contribution in [3.63, 3.8) is 0 Å². The molecule has 178 valence electrons. The number of benzene rings is 1. The molecule has 1 aromatic carbocycles. The number of pyridine rings is 2. The van der Waals surface area contributed by atoms with Crippen LogP contribution in [0.25, 0.3) is 10.9 Å². The minimum atomic E-state index is -0.268. The second-order valence-electron chi connectivity index (χ2n) is 8.75. The number of aryl methyl sites for hydroxylation is 1. The minimum absolute atomic E-state index is 0.0272. The highest BCUT2D eigenvalue weighted by atomic mass is 19.1. The molecule has 1 saturated heterocycles. The van der Waals surface area contributed by atoms with Crippen molar-refractivity contribution in [3.8, 4) is 11.5 Å². The molecule has 2 aliphatic heterocycles. The standard InChI is InChI=1S/C25H28FN5O3/c1-33-18-6-8-22-20(10-18)19(21(26)13-29-22)7-4-15-2-3-16(11-27-15)28-12-17-5-9-23-25(30-17)31-24(32)14-34-23/h5-6,8-10,13,15-16,27-28H,2-4,7,11-12,14H2,1H3,(H,30,31,32). The second-order valence-corrected chi connectivity index (χ2v) is 8.75. The van der Waals surface area contributed by atoms with E-state index in [9.17, 15) is 9.18 Å². The minimum Gasteiger partial charge on any atom is -0.497 e. The van der Waals surface area contributed by atoms with Crippen LogP contribution in [0, 0.1) is 5.82 Å². The molecule has 3 aromatic rings. The van der Waals surface area contributed by atoms with Gasteiger partial charge >= 0.3 is 0 Å². The van der Waals surface area contributed by atoms with Crippen LogP contribution < -0.4 is 25.4 Å². The number of methoxy groups -OCH3 is 1. The highest BCUT2D eigenvalue weighted by molar-refractivity contribution is 5.94. The van der Waals surface area contributed by atoms with E-state index in [1.54, 1.807) is 7.11 Å². The molecule has 1 fully saturated rings. The third-order valence-electron chi connectivity index (χ3n) is 6.50. The Bertz CT molecular complexity index is 1200. The lowest BCUT2D eigenvalue weighted by molar-refractivity contribution is -0.118. The van der Waals surface area contributed by atoms with Crippen LogP contribution in [0.1, 0.15) is 30.5 Å². The molecule has 0 aliphatic carbocycles. The normalized spacial score (nSPS) is 19.9. The van der Waals surface area contributed by atoms with Gasteiger partial charge in [0.25, 0.3) is 5.91 Å². The van der Waals surface area contributed by atoms with Gasteiger partial charge in [-0.3, -0.25) is 9.78 Å². The van der Waals surface area contributed by atoms with Crippen molar-refractivity contribution in [2.45, 2.75) is 44.3 Å². The summed E-state index contributed by atoms with van der Waals surface area (Å²) in [6.07, 6.45) is 4.83. The van der Waals surface area contributed by atoms with Gasteiger partial charge in [-0.1, -0.05) is 0 Å². The Morgan fingerprint density at radius 3 is 3.00 bits per heavy atom. The van der Waals surface area contributed by atoms with E-state index in [-0.39, 0.29) is 18.3 Å². The number of anilines is 1. The molecule has 0 spiro atoms. The fourth-order valence-corrected chi connectivity index (χ4v) is 4.59. The predicted octanol–water partition coefficient (Wildman–Crippen LogP) is 2.95. The molecule has 34 heavy (non-hydrogen) atoms. The summed E-state index contributed by atoms with van der Waals surface area (Å²) >= 11 is 0. The van der Waals surface area contributed by atoms with Crippen LogP contribution >= 0.6 is 0 Å². The number of piperidine rings is 1. The molecule has 2 aromatic heterocycles. The van der Waals surface area contributed by atoms with Crippen molar-refractivity contribution < 1.29 is 18.7 Å². The number of nitrogens with zero attached hydrogens (tertiary/aromatic N) is 2. The first-order chi connectivity index (χ1) is 16.6. The fourth-order valence-electron chi connectivity index (χ4n) is 4.59. The van der Waals surface area contributed by atoms with E-state index in [0.717, 1.165) is 42.4 Å². The summed E-state index contributed by atoms with van der Waals surface area (Å²) in [6, 6.07) is 9.97. The Labute approximate surface area is 197 Å². The third kappa shape index (κ3) is 4.95. The van der Waals surface area contributed by atoms with Crippen molar-refractivity contribution in [1.82, 2.24) is 20.6 Å². The van der Waals surface area contributed by atoms with Gasteiger partial charge in [-0.15, -0.1) is 0 Å². The average Bonchev–Trinajstić information content (AvgIpc) is 2.87. The quantitative estimate of drug-likeness (QED) is 0.494. The van der Waals surface area contributed by atoms with E-state index in [1.807, 2.05) is 30.3 Å². The van der Waals surface area contributed by atoms with Crippen molar-refractivity contribution in [1.29, 1.82) is 0 Å². The van der Waals surface area contributed by atoms with Gasteiger partial charge in [0.1, 0.15) is 11.6 Å². The lowest BCUT2D eigenvalue weighted by Crippen LogP contribution is -2.47. The predicted molar refractivity (Wildman–Crippen MR) is 127 cm³/mol. The molecule has 0 saturated carbocycles.